The third-order valence-corrected chi connectivity index (χ3v) is 3.03. The van der Waals surface area contributed by atoms with E-state index < -0.39 is 4.92 Å². The fourth-order valence-corrected chi connectivity index (χ4v) is 2.05. The molecule has 0 aliphatic heterocycles. The first-order valence-corrected chi connectivity index (χ1v) is 5.72. The van der Waals surface area contributed by atoms with Crippen molar-refractivity contribution in [3.05, 3.63) is 43.3 Å². The lowest BCUT2D eigenvalue weighted by Crippen LogP contribution is -2.20. The van der Waals surface area contributed by atoms with Crippen LogP contribution in [-0.4, -0.2) is 19.7 Å². The number of hydrogen-bond donors (Lipinski definition) is 1. The van der Waals surface area contributed by atoms with Gasteiger partial charge < -0.3 is 10.3 Å². The van der Waals surface area contributed by atoms with E-state index in [-0.39, 0.29) is 17.8 Å². The molecule has 2 N–H and O–H groups in total. The van der Waals surface area contributed by atoms with Gasteiger partial charge in [0.05, 0.1) is 17.7 Å². The van der Waals surface area contributed by atoms with Gasteiger partial charge in [0, 0.05) is 11.6 Å². The number of nitrogens with two attached hydrogens (primary N) is 1. The first-order valence-electron chi connectivity index (χ1n) is 4.90. The van der Waals surface area contributed by atoms with E-state index in [1.165, 1.54) is 23.8 Å². The van der Waals surface area contributed by atoms with E-state index in [2.05, 4.69) is 10.2 Å². The van der Waals surface area contributed by atoms with Crippen molar-refractivity contribution in [2.45, 2.75) is 13.5 Å². The summed E-state index contributed by atoms with van der Waals surface area (Å²) >= 11 is 1.14. The summed E-state index contributed by atoms with van der Waals surface area (Å²) < 4.78 is 1.21. The fraction of sp³-hybridized carbons (Fsp3) is 0.222. The summed E-state index contributed by atoms with van der Waals surface area (Å²) in [5.74, 6) is 0. The van der Waals surface area contributed by atoms with Gasteiger partial charge in [-0.15, -0.1) is 10.2 Å². The maximum Gasteiger partial charge on any atom is 0.288 e. The highest BCUT2D eigenvalue weighted by atomic mass is 32.1. The van der Waals surface area contributed by atoms with Gasteiger partial charge >= 0.3 is 0 Å². The SMILES string of the molecule is Cc1cc(=O)n(Cc2nnc(N)s2)cc1[N+](=O)[O-]. The summed E-state index contributed by atoms with van der Waals surface area (Å²) in [7, 11) is 0. The number of pyridine rings is 1. The minimum absolute atomic E-state index is 0.105. The number of nitrogen functional groups attached to an aromatic ring is 1. The normalized spacial score (nSPS) is 10.5. The molecule has 2 rings (SSSR count). The van der Waals surface area contributed by atoms with Crippen LogP contribution in [0.4, 0.5) is 10.8 Å². The zero-order chi connectivity index (χ0) is 13.3. The molecule has 0 aliphatic rings. The molecular formula is C9H9N5O3S. The van der Waals surface area contributed by atoms with E-state index in [4.69, 9.17) is 5.73 Å². The van der Waals surface area contributed by atoms with Gasteiger partial charge in [0.15, 0.2) is 0 Å². The second kappa shape index (κ2) is 4.53. The van der Waals surface area contributed by atoms with Crippen LogP contribution in [0, 0.1) is 17.0 Å². The molecule has 2 aromatic heterocycles. The second-order valence-electron chi connectivity index (χ2n) is 3.60. The molecular weight excluding hydrogens is 258 g/mol. The average molecular weight is 267 g/mol. The molecule has 0 amide bonds. The van der Waals surface area contributed by atoms with E-state index in [0.29, 0.717) is 15.7 Å². The van der Waals surface area contributed by atoms with Crippen LogP contribution < -0.4 is 11.3 Å². The van der Waals surface area contributed by atoms with Gasteiger partial charge in [-0.1, -0.05) is 11.3 Å². The second-order valence-corrected chi connectivity index (χ2v) is 4.69. The van der Waals surface area contributed by atoms with Gasteiger partial charge in [-0.05, 0) is 6.92 Å². The molecule has 0 aliphatic carbocycles. The van der Waals surface area contributed by atoms with Crippen molar-refractivity contribution in [2.75, 3.05) is 5.73 Å². The first kappa shape index (κ1) is 12.2. The Balaban J connectivity index is 2.42. The van der Waals surface area contributed by atoms with Crippen LogP contribution in [0.25, 0.3) is 0 Å². The maximum atomic E-state index is 11.7. The summed E-state index contributed by atoms with van der Waals surface area (Å²) in [6.07, 6.45) is 1.20. The summed E-state index contributed by atoms with van der Waals surface area (Å²) in [5.41, 5.74) is 5.32. The molecule has 8 nitrogen and oxygen atoms in total. The Morgan fingerprint density at radius 2 is 2.28 bits per heavy atom. The highest BCUT2D eigenvalue weighted by molar-refractivity contribution is 7.15. The van der Waals surface area contributed by atoms with E-state index in [9.17, 15) is 14.9 Å². The van der Waals surface area contributed by atoms with Crippen molar-refractivity contribution in [2.24, 2.45) is 0 Å². The van der Waals surface area contributed by atoms with Crippen LogP contribution in [0.1, 0.15) is 10.6 Å². The largest absolute Gasteiger partial charge is 0.374 e. The number of aromatic nitrogens is 3. The lowest BCUT2D eigenvalue weighted by Gasteiger charge is -2.03. The molecule has 0 saturated carbocycles. The van der Waals surface area contributed by atoms with Crippen LogP contribution >= 0.6 is 11.3 Å². The first-order chi connectivity index (χ1) is 8.47. The Morgan fingerprint density at radius 1 is 1.56 bits per heavy atom. The lowest BCUT2D eigenvalue weighted by atomic mass is 10.2. The zero-order valence-corrected chi connectivity index (χ0v) is 10.2. The number of anilines is 1. The topological polar surface area (TPSA) is 117 Å². The lowest BCUT2D eigenvalue weighted by molar-refractivity contribution is -0.385. The third kappa shape index (κ3) is 2.35. The van der Waals surface area contributed by atoms with E-state index in [0.717, 1.165) is 11.3 Å². The molecule has 94 valence electrons. The number of nitrogens with zero attached hydrogens (tertiary/aromatic N) is 4. The van der Waals surface area contributed by atoms with Crippen molar-refractivity contribution >= 4 is 22.2 Å². The number of hydrogen-bond acceptors (Lipinski definition) is 7. The fourth-order valence-electron chi connectivity index (χ4n) is 1.45. The number of aryl methyl sites for hydroxylation is 1. The molecule has 0 unspecified atom stereocenters. The van der Waals surface area contributed by atoms with Gasteiger partial charge in [0.2, 0.25) is 5.13 Å². The monoisotopic (exact) mass is 267 g/mol. The van der Waals surface area contributed by atoms with E-state index >= 15 is 0 Å². The summed E-state index contributed by atoms with van der Waals surface area (Å²) in [4.78, 5) is 22.0. The Morgan fingerprint density at radius 3 is 2.83 bits per heavy atom. The Kier molecular flexibility index (Phi) is 3.06. The van der Waals surface area contributed by atoms with Gasteiger partial charge in [0.1, 0.15) is 5.01 Å². The Hall–Kier alpha value is -2.29. The molecule has 9 heteroatoms. The van der Waals surface area contributed by atoms with Crippen molar-refractivity contribution in [1.29, 1.82) is 0 Å². The molecule has 18 heavy (non-hydrogen) atoms. The molecule has 2 heterocycles. The molecule has 0 radical (unpaired) electrons. The summed E-state index contributed by atoms with van der Waals surface area (Å²) in [6.45, 7) is 1.64. The predicted molar refractivity (Wildman–Crippen MR) is 65.5 cm³/mol. The molecule has 0 aromatic carbocycles. The van der Waals surface area contributed by atoms with Gasteiger partial charge in [-0.25, -0.2) is 0 Å². The van der Waals surface area contributed by atoms with Crippen LogP contribution in [-0.2, 0) is 6.54 Å². The summed E-state index contributed by atoms with van der Waals surface area (Å²) in [6, 6.07) is 1.22. The standard InChI is InChI=1S/C9H9N5O3S/c1-5-2-8(15)13(3-6(5)14(16)17)4-7-11-12-9(10)18-7/h2-3H,4H2,1H3,(H2,10,12). The smallest absolute Gasteiger partial charge is 0.288 e. The molecule has 0 spiro atoms. The van der Waals surface area contributed by atoms with Crippen LogP contribution in [0.15, 0.2) is 17.1 Å². The molecule has 0 atom stereocenters. The average Bonchev–Trinajstić information content (AvgIpc) is 2.67. The minimum atomic E-state index is -0.528. The molecule has 0 saturated heterocycles. The van der Waals surface area contributed by atoms with E-state index in [1.807, 2.05) is 0 Å². The van der Waals surface area contributed by atoms with Crippen LogP contribution in [0.2, 0.25) is 0 Å². The van der Waals surface area contributed by atoms with E-state index in [1.54, 1.807) is 0 Å². The zero-order valence-electron chi connectivity index (χ0n) is 9.36. The predicted octanol–water partition coefficient (Wildman–Crippen LogP) is 0.547. The molecule has 0 fully saturated rings. The van der Waals surface area contributed by atoms with Crippen molar-refractivity contribution in [3.8, 4) is 0 Å². The van der Waals surface area contributed by atoms with Crippen molar-refractivity contribution in [3.63, 3.8) is 0 Å². The van der Waals surface area contributed by atoms with Crippen molar-refractivity contribution < 1.29 is 4.92 Å². The molecule has 2 aromatic rings. The highest BCUT2D eigenvalue weighted by Crippen LogP contribution is 2.16. The number of nitro groups is 1. The molecule has 0 bridgehead atoms. The quantitative estimate of drug-likeness (QED) is 0.641. The van der Waals surface area contributed by atoms with Crippen LogP contribution in [0.5, 0.6) is 0 Å². The summed E-state index contributed by atoms with van der Waals surface area (Å²) in [5, 5.41) is 19.0. The highest BCUT2D eigenvalue weighted by Gasteiger charge is 2.14. The number of rotatable bonds is 3. The van der Waals surface area contributed by atoms with Gasteiger partial charge in [-0.3, -0.25) is 14.9 Å². The Labute approximate surface area is 105 Å². The third-order valence-electron chi connectivity index (χ3n) is 2.29. The maximum absolute atomic E-state index is 11.7. The van der Waals surface area contributed by atoms with Gasteiger partial charge in [-0.2, -0.15) is 0 Å². The van der Waals surface area contributed by atoms with Crippen molar-refractivity contribution in [1.82, 2.24) is 14.8 Å². The minimum Gasteiger partial charge on any atom is -0.374 e. The van der Waals surface area contributed by atoms with Crippen LogP contribution in [0.3, 0.4) is 0 Å². The Bertz CT molecular complexity index is 662. The van der Waals surface area contributed by atoms with Gasteiger partial charge in [0.25, 0.3) is 11.2 Å².